The number of carboxylic acids is 1. The summed E-state index contributed by atoms with van der Waals surface area (Å²) in [7, 11) is 0. The average Bonchev–Trinajstić information content (AvgIpc) is 1.97. The molecule has 0 aliphatic rings. The van der Waals surface area contributed by atoms with Gasteiger partial charge in [0.1, 0.15) is 6.04 Å². The fraction of sp³-hybridized carbons (Fsp3) is 0.875. The molecule has 0 amide bonds. The topological polar surface area (TPSA) is 63.3 Å². The first-order valence-electron chi connectivity index (χ1n) is 4.17. The van der Waals surface area contributed by atoms with Crippen molar-refractivity contribution in [3.63, 3.8) is 0 Å². The standard InChI is InChI=1S/C8H17NO2.Na.H/c1-2-3-4-5-6-7(9)8(10)11;;/h7H,2-6,9H2,1H3,(H,10,11);;/q;+1;-1. The van der Waals surface area contributed by atoms with Gasteiger partial charge in [0.2, 0.25) is 0 Å². The van der Waals surface area contributed by atoms with Crippen molar-refractivity contribution < 1.29 is 40.9 Å². The van der Waals surface area contributed by atoms with Crippen molar-refractivity contribution in [2.45, 2.75) is 45.1 Å². The summed E-state index contributed by atoms with van der Waals surface area (Å²) >= 11 is 0. The molecule has 0 rings (SSSR count). The third-order valence-corrected chi connectivity index (χ3v) is 1.69. The van der Waals surface area contributed by atoms with Crippen molar-refractivity contribution in [2.75, 3.05) is 0 Å². The van der Waals surface area contributed by atoms with E-state index < -0.39 is 12.0 Å². The van der Waals surface area contributed by atoms with E-state index in [9.17, 15) is 4.79 Å². The van der Waals surface area contributed by atoms with Gasteiger partial charge in [0.15, 0.2) is 0 Å². The molecule has 0 aromatic heterocycles. The van der Waals surface area contributed by atoms with Gasteiger partial charge in [-0.05, 0) is 6.42 Å². The van der Waals surface area contributed by atoms with Crippen LogP contribution in [0, 0.1) is 0 Å². The number of carbonyl (C=O) groups is 1. The molecule has 0 aliphatic heterocycles. The van der Waals surface area contributed by atoms with E-state index in [-0.39, 0.29) is 31.0 Å². The summed E-state index contributed by atoms with van der Waals surface area (Å²) in [6, 6.07) is -0.660. The van der Waals surface area contributed by atoms with Crippen LogP contribution in [0.3, 0.4) is 0 Å². The molecule has 0 aliphatic carbocycles. The molecular formula is C8H18NNaO2. The maximum Gasteiger partial charge on any atom is 1.00 e. The van der Waals surface area contributed by atoms with Crippen molar-refractivity contribution in [3.8, 4) is 0 Å². The van der Waals surface area contributed by atoms with Gasteiger partial charge in [0.05, 0.1) is 0 Å². The average molecular weight is 183 g/mol. The zero-order valence-corrected chi connectivity index (χ0v) is 10.0. The Hall–Kier alpha value is 0.430. The van der Waals surface area contributed by atoms with Crippen LogP contribution >= 0.6 is 0 Å². The molecule has 0 bridgehead atoms. The van der Waals surface area contributed by atoms with Crippen LogP contribution in [0.4, 0.5) is 0 Å². The van der Waals surface area contributed by atoms with Gasteiger partial charge < -0.3 is 12.3 Å². The van der Waals surface area contributed by atoms with Gasteiger partial charge in [0, 0.05) is 0 Å². The maximum absolute atomic E-state index is 10.2. The Morgan fingerprint density at radius 3 is 2.50 bits per heavy atom. The first-order chi connectivity index (χ1) is 5.18. The Kier molecular flexibility index (Phi) is 11.8. The van der Waals surface area contributed by atoms with E-state index >= 15 is 0 Å². The number of hydrogen-bond donors (Lipinski definition) is 2. The first kappa shape index (κ1) is 14.9. The fourth-order valence-electron chi connectivity index (χ4n) is 0.915. The quantitative estimate of drug-likeness (QED) is 0.388. The van der Waals surface area contributed by atoms with Gasteiger partial charge in [-0.15, -0.1) is 0 Å². The van der Waals surface area contributed by atoms with E-state index in [1.54, 1.807) is 0 Å². The van der Waals surface area contributed by atoms with Gasteiger partial charge in [-0.25, -0.2) is 0 Å². The predicted octanol–water partition coefficient (Wildman–Crippen LogP) is -1.51. The van der Waals surface area contributed by atoms with E-state index in [4.69, 9.17) is 10.8 Å². The zero-order chi connectivity index (χ0) is 8.69. The number of nitrogens with two attached hydrogens (primary N) is 1. The second kappa shape index (κ2) is 9.52. The summed E-state index contributed by atoms with van der Waals surface area (Å²) in [4.78, 5) is 10.2. The summed E-state index contributed by atoms with van der Waals surface area (Å²) < 4.78 is 0. The summed E-state index contributed by atoms with van der Waals surface area (Å²) in [6.45, 7) is 2.12. The molecule has 12 heavy (non-hydrogen) atoms. The predicted molar refractivity (Wildman–Crippen MR) is 45.5 cm³/mol. The number of aliphatic carboxylic acids is 1. The van der Waals surface area contributed by atoms with Crippen LogP contribution in [0.15, 0.2) is 0 Å². The maximum atomic E-state index is 10.2. The van der Waals surface area contributed by atoms with Crippen LogP contribution in [0.25, 0.3) is 0 Å². The van der Waals surface area contributed by atoms with Crippen molar-refractivity contribution in [3.05, 3.63) is 0 Å². The molecule has 68 valence electrons. The molecule has 0 saturated carbocycles. The van der Waals surface area contributed by atoms with Gasteiger partial charge >= 0.3 is 35.5 Å². The Morgan fingerprint density at radius 2 is 2.08 bits per heavy atom. The minimum absolute atomic E-state index is 0. The number of hydrogen-bond acceptors (Lipinski definition) is 2. The minimum Gasteiger partial charge on any atom is -1.00 e. The van der Waals surface area contributed by atoms with Gasteiger partial charge in [-0.2, -0.15) is 0 Å². The van der Waals surface area contributed by atoms with E-state index in [1.165, 1.54) is 12.8 Å². The van der Waals surface area contributed by atoms with E-state index in [1.807, 2.05) is 0 Å². The second-order valence-electron chi connectivity index (χ2n) is 2.79. The van der Waals surface area contributed by atoms with E-state index in [0.29, 0.717) is 6.42 Å². The second-order valence-corrected chi connectivity index (χ2v) is 2.79. The molecule has 1 unspecified atom stereocenters. The third kappa shape index (κ3) is 8.53. The number of rotatable bonds is 6. The smallest absolute Gasteiger partial charge is 1.00 e. The van der Waals surface area contributed by atoms with Gasteiger partial charge in [0.25, 0.3) is 0 Å². The van der Waals surface area contributed by atoms with Gasteiger partial charge in [-0.3, -0.25) is 4.79 Å². The van der Waals surface area contributed by atoms with Crippen LogP contribution in [-0.2, 0) is 4.79 Å². The van der Waals surface area contributed by atoms with Crippen molar-refractivity contribution in [1.29, 1.82) is 0 Å². The SMILES string of the molecule is CCCCCCC(N)C(=O)O.[H-].[Na+]. The number of carboxylic acid groups (broad SMARTS) is 1. The molecule has 3 nitrogen and oxygen atoms in total. The largest absolute Gasteiger partial charge is 1.00 e. The van der Waals surface area contributed by atoms with Crippen LogP contribution in [0.2, 0.25) is 0 Å². The van der Waals surface area contributed by atoms with Crippen LogP contribution in [0.1, 0.15) is 40.5 Å². The van der Waals surface area contributed by atoms with Crippen LogP contribution in [0.5, 0.6) is 0 Å². The monoisotopic (exact) mass is 183 g/mol. The summed E-state index contributed by atoms with van der Waals surface area (Å²) in [5.41, 5.74) is 5.30. The molecular weight excluding hydrogens is 165 g/mol. The molecule has 4 heteroatoms. The van der Waals surface area contributed by atoms with Gasteiger partial charge in [-0.1, -0.05) is 32.6 Å². The van der Waals surface area contributed by atoms with Crippen LogP contribution < -0.4 is 35.3 Å². The first-order valence-corrected chi connectivity index (χ1v) is 4.17. The molecule has 0 saturated heterocycles. The molecule has 0 heterocycles. The summed E-state index contributed by atoms with van der Waals surface area (Å²) in [5.74, 6) is -0.888. The minimum atomic E-state index is -0.888. The Bertz CT molecular complexity index is 125. The van der Waals surface area contributed by atoms with Crippen molar-refractivity contribution >= 4 is 5.97 Å². The van der Waals surface area contributed by atoms with Crippen molar-refractivity contribution in [1.82, 2.24) is 0 Å². The number of unbranched alkanes of at least 4 members (excludes halogenated alkanes) is 3. The molecule has 0 radical (unpaired) electrons. The van der Waals surface area contributed by atoms with Crippen LogP contribution in [-0.4, -0.2) is 17.1 Å². The molecule has 3 N–H and O–H groups in total. The zero-order valence-electron chi connectivity index (χ0n) is 9.05. The normalized spacial score (nSPS) is 11.8. The Morgan fingerprint density at radius 1 is 1.50 bits per heavy atom. The molecule has 1 atom stereocenters. The fourth-order valence-corrected chi connectivity index (χ4v) is 0.915. The molecule has 0 fully saturated rings. The Labute approximate surface area is 97.5 Å². The summed E-state index contributed by atoms with van der Waals surface area (Å²) in [5, 5.41) is 8.41. The molecule has 0 aromatic rings. The molecule has 0 spiro atoms. The third-order valence-electron chi connectivity index (χ3n) is 1.69. The van der Waals surface area contributed by atoms with Crippen molar-refractivity contribution in [2.24, 2.45) is 5.73 Å². The molecule has 0 aromatic carbocycles. The Balaban J connectivity index is -0.000000500. The summed E-state index contributed by atoms with van der Waals surface area (Å²) in [6.07, 6.45) is 4.97. The van der Waals surface area contributed by atoms with E-state index in [2.05, 4.69) is 6.92 Å². The van der Waals surface area contributed by atoms with E-state index in [0.717, 1.165) is 12.8 Å².